The minimum absolute atomic E-state index is 0.216. The minimum Gasteiger partial charge on any atom is -0.444 e. The first-order chi connectivity index (χ1) is 9.81. The number of benzene rings is 1. The van der Waals surface area contributed by atoms with Crippen LogP contribution in [0.4, 0.5) is 4.79 Å². The predicted octanol–water partition coefficient (Wildman–Crippen LogP) is 2.07. The molecule has 5 nitrogen and oxygen atoms in total. The number of Topliss-reactive ketones (excluding diaryl/α,β-unsaturated/α-hetero) is 1. The van der Waals surface area contributed by atoms with Gasteiger partial charge in [0.15, 0.2) is 5.78 Å². The molecule has 0 spiro atoms. The topological polar surface area (TPSA) is 75.6 Å². The number of carbonyl (C=O) groups excluding carboxylic acids is 2. The Morgan fingerprint density at radius 1 is 1.24 bits per heavy atom. The number of aryl methyl sites for hydroxylation is 1. The van der Waals surface area contributed by atoms with Crippen molar-refractivity contribution in [1.29, 1.82) is 0 Å². The average Bonchev–Trinajstić information content (AvgIpc) is 2.41. The van der Waals surface area contributed by atoms with Gasteiger partial charge < -0.3 is 15.2 Å². The highest BCUT2D eigenvalue weighted by Gasteiger charge is 2.23. The maximum Gasteiger partial charge on any atom is 0.408 e. The summed E-state index contributed by atoms with van der Waals surface area (Å²) in [5, 5.41) is 11.6. The number of alkyl carbamates (subject to hydrolysis) is 1. The van der Waals surface area contributed by atoms with Crippen LogP contribution in [0.25, 0.3) is 0 Å². The van der Waals surface area contributed by atoms with E-state index >= 15 is 0 Å². The molecule has 0 fully saturated rings. The Kier molecular flexibility index (Phi) is 6.37. The van der Waals surface area contributed by atoms with Crippen LogP contribution in [0, 0.1) is 0 Å². The second kappa shape index (κ2) is 7.78. The molecule has 0 aliphatic rings. The van der Waals surface area contributed by atoms with Crippen LogP contribution >= 0.6 is 0 Å². The molecule has 0 aliphatic heterocycles. The molecule has 0 radical (unpaired) electrons. The molecule has 0 saturated heterocycles. The molecular weight excluding hydrogens is 270 g/mol. The summed E-state index contributed by atoms with van der Waals surface area (Å²) in [7, 11) is 0. The Labute approximate surface area is 125 Å². The monoisotopic (exact) mass is 293 g/mol. The van der Waals surface area contributed by atoms with Gasteiger partial charge in [0.1, 0.15) is 11.6 Å². The fourth-order valence-corrected chi connectivity index (χ4v) is 1.76. The van der Waals surface area contributed by atoms with Crippen molar-refractivity contribution in [3.05, 3.63) is 35.9 Å². The second-order valence-electron chi connectivity index (χ2n) is 5.83. The summed E-state index contributed by atoms with van der Waals surface area (Å²) >= 11 is 0. The lowest BCUT2D eigenvalue weighted by atomic mass is 10.0. The van der Waals surface area contributed by atoms with E-state index < -0.39 is 24.3 Å². The van der Waals surface area contributed by atoms with Crippen LogP contribution < -0.4 is 5.32 Å². The van der Waals surface area contributed by atoms with Crippen LogP contribution in [0.3, 0.4) is 0 Å². The smallest absolute Gasteiger partial charge is 0.408 e. The fraction of sp³-hybridized carbons (Fsp3) is 0.500. The molecule has 1 rings (SSSR count). The van der Waals surface area contributed by atoms with E-state index in [1.54, 1.807) is 20.8 Å². The van der Waals surface area contributed by atoms with Crippen molar-refractivity contribution >= 4 is 11.9 Å². The number of hydrogen-bond donors (Lipinski definition) is 2. The Morgan fingerprint density at radius 2 is 1.86 bits per heavy atom. The summed E-state index contributed by atoms with van der Waals surface area (Å²) in [5.41, 5.74) is 0.400. The third-order valence-electron chi connectivity index (χ3n) is 2.77. The van der Waals surface area contributed by atoms with Crippen molar-refractivity contribution in [2.75, 3.05) is 6.61 Å². The largest absolute Gasteiger partial charge is 0.444 e. The molecule has 0 bridgehead atoms. The fourth-order valence-electron chi connectivity index (χ4n) is 1.76. The molecule has 1 amide bonds. The van der Waals surface area contributed by atoms with E-state index in [-0.39, 0.29) is 12.2 Å². The van der Waals surface area contributed by atoms with Crippen LogP contribution in [0.1, 0.15) is 32.8 Å². The minimum atomic E-state index is -0.927. The number of ketones is 1. The van der Waals surface area contributed by atoms with Crippen LogP contribution in [0.5, 0.6) is 0 Å². The van der Waals surface area contributed by atoms with E-state index in [2.05, 4.69) is 5.32 Å². The first kappa shape index (κ1) is 17.2. The van der Waals surface area contributed by atoms with Crippen LogP contribution in [-0.2, 0) is 16.0 Å². The number of hydrogen-bond acceptors (Lipinski definition) is 4. The molecule has 21 heavy (non-hydrogen) atoms. The quantitative estimate of drug-likeness (QED) is 0.842. The average molecular weight is 293 g/mol. The third-order valence-corrected chi connectivity index (χ3v) is 2.77. The van der Waals surface area contributed by atoms with Gasteiger partial charge in [-0.1, -0.05) is 30.3 Å². The summed E-state index contributed by atoms with van der Waals surface area (Å²) in [6.45, 7) is 4.76. The van der Waals surface area contributed by atoms with Gasteiger partial charge in [-0.25, -0.2) is 4.79 Å². The number of carbonyl (C=O) groups is 2. The van der Waals surface area contributed by atoms with E-state index in [0.717, 1.165) is 5.56 Å². The number of ether oxygens (including phenoxy) is 1. The van der Waals surface area contributed by atoms with E-state index in [4.69, 9.17) is 4.74 Å². The molecule has 5 heteroatoms. The van der Waals surface area contributed by atoms with Gasteiger partial charge in [0.25, 0.3) is 0 Å². The first-order valence-electron chi connectivity index (χ1n) is 6.99. The standard InChI is InChI=1S/C16H23NO4/c1-16(2,3)21-15(20)17-13(11-18)14(19)10-9-12-7-5-4-6-8-12/h4-8,13,18H,9-11H2,1-3H3,(H,17,20)/t13-/m0/s1. The third kappa shape index (κ3) is 6.90. The number of nitrogens with one attached hydrogen (secondary N) is 1. The van der Waals surface area contributed by atoms with E-state index in [1.807, 2.05) is 30.3 Å². The van der Waals surface area contributed by atoms with Crippen molar-refractivity contribution in [3.8, 4) is 0 Å². The normalized spacial score (nSPS) is 12.6. The summed E-state index contributed by atoms with van der Waals surface area (Å²) < 4.78 is 5.07. The maximum absolute atomic E-state index is 12.0. The lowest BCUT2D eigenvalue weighted by molar-refractivity contribution is -0.122. The molecule has 2 N–H and O–H groups in total. The van der Waals surface area contributed by atoms with Crippen molar-refractivity contribution in [2.45, 2.75) is 45.3 Å². The highest BCUT2D eigenvalue weighted by Crippen LogP contribution is 2.08. The predicted molar refractivity (Wildman–Crippen MR) is 80.0 cm³/mol. The Bertz CT molecular complexity index is 465. The van der Waals surface area contributed by atoms with Gasteiger partial charge in [-0.2, -0.15) is 0 Å². The van der Waals surface area contributed by atoms with Crippen LogP contribution in [0.15, 0.2) is 30.3 Å². The lowest BCUT2D eigenvalue weighted by Gasteiger charge is -2.22. The molecule has 0 aromatic heterocycles. The molecule has 0 aliphatic carbocycles. The molecule has 1 aromatic carbocycles. The Hall–Kier alpha value is -1.88. The van der Waals surface area contributed by atoms with E-state index in [0.29, 0.717) is 6.42 Å². The van der Waals surface area contributed by atoms with Gasteiger partial charge in [-0.05, 0) is 32.8 Å². The SMILES string of the molecule is CC(C)(C)OC(=O)N[C@@H](CO)C(=O)CCc1ccccc1. The molecule has 0 saturated carbocycles. The first-order valence-corrected chi connectivity index (χ1v) is 6.99. The zero-order chi connectivity index (χ0) is 15.9. The lowest BCUT2D eigenvalue weighted by Crippen LogP contribution is -2.45. The highest BCUT2D eigenvalue weighted by atomic mass is 16.6. The summed E-state index contributed by atoms with van der Waals surface area (Å²) in [4.78, 5) is 23.6. The second-order valence-corrected chi connectivity index (χ2v) is 5.83. The number of amides is 1. The Balaban J connectivity index is 2.48. The molecule has 0 unspecified atom stereocenters. The summed E-state index contributed by atoms with van der Waals surface area (Å²) in [5.74, 6) is -0.216. The molecular formula is C16H23NO4. The van der Waals surface area contributed by atoms with Gasteiger partial charge in [0, 0.05) is 6.42 Å². The molecule has 116 valence electrons. The van der Waals surface area contributed by atoms with Crippen LogP contribution in [0.2, 0.25) is 0 Å². The van der Waals surface area contributed by atoms with E-state index in [1.165, 1.54) is 0 Å². The van der Waals surface area contributed by atoms with Gasteiger partial charge in [0.2, 0.25) is 0 Å². The maximum atomic E-state index is 12.0. The Morgan fingerprint density at radius 3 is 2.38 bits per heavy atom. The number of aliphatic hydroxyl groups excluding tert-OH is 1. The van der Waals surface area contributed by atoms with Gasteiger partial charge in [-0.3, -0.25) is 4.79 Å². The van der Waals surface area contributed by atoms with Crippen molar-refractivity contribution < 1.29 is 19.4 Å². The molecule has 1 atom stereocenters. The highest BCUT2D eigenvalue weighted by molar-refractivity contribution is 5.87. The zero-order valence-electron chi connectivity index (χ0n) is 12.8. The van der Waals surface area contributed by atoms with Gasteiger partial charge in [-0.15, -0.1) is 0 Å². The number of rotatable bonds is 6. The summed E-state index contributed by atoms with van der Waals surface area (Å²) in [6.07, 6.45) is 0.131. The molecule has 1 aromatic rings. The van der Waals surface area contributed by atoms with Gasteiger partial charge in [0.05, 0.1) is 6.61 Å². The van der Waals surface area contributed by atoms with E-state index in [9.17, 15) is 14.7 Å². The van der Waals surface area contributed by atoms with Crippen molar-refractivity contribution in [1.82, 2.24) is 5.32 Å². The number of aliphatic hydroxyl groups is 1. The van der Waals surface area contributed by atoms with Crippen LogP contribution in [-0.4, -0.2) is 35.2 Å². The van der Waals surface area contributed by atoms with Crippen molar-refractivity contribution in [2.24, 2.45) is 0 Å². The van der Waals surface area contributed by atoms with Crippen molar-refractivity contribution in [3.63, 3.8) is 0 Å². The molecule has 0 heterocycles. The van der Waals surface area contributed by atoms with Gasteiger partial charge >= 0.3 is 6.09 Å². The summed E-state index contributed by atoms with van der Waals surface area (Å²) in [6, 6.07) is 8.66. The zero-order valence-corrected chi connectivity index (χ0v) is 12.8.